The number of anilines is 2. The molecule has 0 atom stereocenters. The molecule has 148 valence electrons. The first-order chi connectivity index (χ1) is 13.5. The van der Waals surface area contributed by atoms with Crippen LogP contribution < -0.4 is 20.4 Å². The highest BCUT2D eigenvalue weighted by Gasteiger charge is 2.17. The average molecular weight is 488 g/mol. The van der Waals surface area contributed by atoms with Crippen LogP contribution in [0.3, 0.4) is 0 Å². The van der Waals surface area contributed by atoms with Gasteiger partial charge in [-0.25, -0.2) is 4.79 Å². The molecule has 0 amide bonds. The maximum Gasteiger partial charge on any atom is 0.338 e. The number of nitrogens with one attached hydrogen (secondary N) is 1. The van der Waals surface area contributed by atoms with Crippen LogP contribution in [0.2, 0.25) is 10.0 Å². The molecule has 2 heterocycles. The fourth-order valence-corrected chi connectivity index (χ4v) is 3.48. The Hall–Kier alpha value is -1.96. The number of hydrogen-bond acceptors (Lipinski definition) is 6. The van der Waals surface area contributed by atoms with Gasteiger partial charge in [-0.2, -0.15) is 0 Å². The minimum Gasteiger partial charge on any atom is -0.493 e. The highest BCUT2D eigenvalue weighted by atomic mass is 79.9. The molecule has 28 heavy (non-hydrogen) atoms. The fourth-order valence-electron chi connectivity index (χ4n) is 2.62. The van der Waals surface area contributed by atoms with Crippen molar-refractivity contribution in [2.75, 3.05) is 24.4 Å². The molecule has 0 aliphatic rings. The summed E-state index contributed by atoms with van der Waals surface area (Å²) in [6.07, 6.45) is 4.73. The number of fused-ring (bicyclic) bond motifs is 1. The van der Waals surface area contributed by atoms with Gasteiger partial charge in [-0.3, -0.25) is 4.98 Å². The van der Waals surface area contributed by atoms with Crippen molar-refractivity contribution in [1.29, 1.82) is 0 Å². The number of pyridine rings is 1. The van der Waals surface area contributed by atoms with E-state index in [4.69, 9.17) is 37.1 Å². The lowest BCUT2D eigenvalue weighted by molar-refractivity contribution is 0.287. The summed E-state index contributed by atoms with van der Waals surface area (Å²) in [4.78, 5) is 16.1. The quantitative estimate of drug-likeness (QED) is 0.246. The van der Waals surface area contributed by atoms with Crippen LogP contribution in [-0.2, 0) is 0 Å². The number of alkyl halides is 1. The maximum absolute atomic E-state index is 12.2. The molecule has 1 aromatic carbocycles. The first-order valence-corrected chi connectivity index (χ1v) is 10.3. The Bertz CT molecular complexity index is 1020. The van der Waals surface area contributed by atoms with Crippen LogP contribution >= 0.6 is 39.1 Å². The molecule has 0 bridgehead atoms. The fraction of sp³-hybridized carbons (Fsp3) is 0.263. The molecular formula is C19H17BrCl2N2O4. The number of halogens is 3. The summed E-state index contributed by atoms with van der Waals surface area (Å²) in [5, 5.41) is 5.27. The van der Waals surface area contributed by atoms with E-state index in [1.807, 2.05) is 0 Å². The van der Waals surface area contributed by atoms with E-state index in [1.54, 1.807) is 12.1 Å². The number of nitrogens with zero attached hydrogens (tertiary/aromatic N) is 1. The Morgan fingerprint density at radius 2 is 1.96 bits per heavy atom. The van der Waals surface area contributed by atoms with Crippen LogP contribution in [0.15, 0.2) is 39.8 Å². The summed E-state index contributed by atoms with van der Waals surface area (Å²) < 4.78 is 16.7. The standard InChI is InChI=1S/C19H17BrCl2N2O4/c1-26-15-5-4-11-14(24-17-12(21)9-23-10-13(17)22)8-16(25)28-18(11)19(15)27-7-3-2-6-20/h4-5,8-10H,2-3,6-7H2,1H3,(H,23,24). The first-order valence-electron chi connectivity index (χ1n) is 8.44. The van der Waals surface area contributed by atoms with Gasteiger partial charge in [-0.15, -0.1) is 0 Å². The SMILES string of the molecule is COc1ccc2c(Nc3c(Cl)cncc3Cl)cc(=O)oc2c1OCCCCBr. The van der Waals surface area contributed by atoms with Crippen molar-refractivity contribution in [3.8, 4) is 11.5 Å². The zero-order valence-corrected chi connectivity index (χ0v) is 18.0. The number of benzene rings is 1. The van der Waals surface area contributed by atoms with Gasteiger partial charge in [0.25, 0.3) is 0 Å². The van der Waals surface area contributed by atoms with E-state index in [0.717, 1.165) is 18.2 Å². The number of hydrogen-bond donors (Lipinski definition) is 1. The first kappa shape index (κ1) is 20.8. The molecule has 0 saturated carbocycles. The molecule has 1 N–H and O–H groups in total. The second-order valence-electron chi connectivity index (χ2n) is 5.80. The molecule has 0 radical (unpaired) electrons. The molecule has 9 heteroatoms. The van der Waals surface area contributed by atoms with Gasteiger partial charge in [0.2, 0.25) is 5.75 Å². The minimum absolute atomic E-state index is 0.287. The summed E-state index contributed by atoms with van der Waals surface area (Å²) in [5.41, 5.74) is 0.666. The Balaban J connectivity index is 2.08. The van der Waals surface area contributed by atoms with Gasteiger partial charge in [0, 0.05) is 29.2 Å². The summed E-state index contributed by atoms with van der Waals surface area (Å²) in [6.45, 7) is 0.463. The van der Waals surface area contributed by atoms with Crippen molar-refractivity contribution in [3.05, 3.63) is 51.1 Å². The zero-order chi connectivity index (χ0) is 20.1. The number of rotatable bonds is 8. The Labute approximate surface area is 179 Å². The van der Waals surface area contributed by atoms with E-state index >= 15 is 0 Å². The largest absolute Gasteiger partial charge is 0.493 e. The third kappa shape index (κ3) is 4.54. The van der Waals surface area contributed by atoms with Crippen molar-refractivity contribution < 1.29 is 13.9 Å². The zero-order valence-electron chi connectivity index (χ0n) is 14.9. The Morgan fingerprint density at radius 1 is 1.21 bits per heavy atom. The van der Waals surface area contributed by atoms with E-state index in [0.29, 0.717) is 44.9 Å². The van der Waals surface area contributed by atoms with Gasteiger partial charge in [-0.05, 0) is 25.0 Å². The van der Waals surface area contributed by atoms with E-state index in [-0.39, 0.29) is 5.58 Å². The second kappa shape index (κ2) is 9.49. The van der Waals surface area contributed by atoms with Gasteiger partial charge in [0.1, 0.15) is 0 Å². The van der Waals surface area contributed by atoms with E-state index in [2.05, 4.69) is 26.2 Å². The molecule has 0 aliphatic carbocycles. The Kier molecular flexibility index (Phi) is 7.04. The number of ether oxygens (including phenoxy) is 2. The number of unbranched alkanes of at least 4 members (excludes halogenated alkanes) is 1. The summed E-state index contributed by atoms with van der Waals surface area (Å²) in [7, 11) is 1.53. The van der Waals surface area contributed by atoms with Crippen molar-refractivity contribution >= 4 is 61.5 Å². The van der Waals surface area contributed by atoms with E-state index in [1.165, 1.54) is 25.6 Å². The Morgan fingerprint density at radius 3 is 2.64 bits per heavy atom. The normalized spacial score (nSPS) is 10.9. The average Bonchev–Trinajstić information content (AvgIpc) is 2.68. The minimum atomic E-state index is -0.546. The molecule has 0 unspecified atom stereocenters. The lowest BCUT2D eigenvalue weighted by Crippen LogP contribution is -2.05. The van der Waals surface area contributed by atoms with Gasteiger partial charge in [0.15, 0.2) is 11.3 Å². The smallest absolute Gasteiger partial charge is 0.338 e. The van der Waals surface area contributed by atoms with Gasteiger partial charge >= 0.3 is 5.63 Å². The highest BCUT2D eigenvalue weighted by Crippen LogP contribution is 2.40. The lowest BCUT2D eigenvalue weighted by atomic mass is 10.1. The van der Waals surface area contributed by atoms with Gasteiger partial charge in [-0.1, -0.05) is 39.1 Å². The highest BCUT2D eigenvalue weighted by molar-refractivity contribution is 9.09. The van der Waals surface area contributed by atoms with Crippen LogP contribution in [-0.4, -0.2) is 24.0 Å². The van der Waals surface area contributed by atoms with E-state index in [9.17, 15) is 4.79 Å². The molecule has 2 aromatic heterocycles. The molecule has 6 nitrogen and oxygen atoms in total. The van der Waals surface area contributed by atoms with Crippen molar-refractivity contribution in [2.45, 2.75) is 12.8 Å². The lowest BCUT2D eigenvalue weighted by Gasteiger charge is -2.15. The van der Waals surface area contributed by atoms with Crippen LogP contribution in [0.5, 0.6) is 11.5 Å². The molecule has 0 saturated heterocycles. The van der Waals surface area contributed by atoms with Crippen LogP contribution in [0.4, 0.5) is 11.4 Å². The van der Waals surface area contributed by atoms with Crippen molar-refractivity contribution in [1.82, 2.24) is 4.98 Å². The van der Waals surface area contributed by atoms with Crippen molar-refractivity contribution in [3.63, 3.8) is 0 Å². The number of methoxy groups -OCH3 is 1. The predicted octanol–water partition coefficient (Wildman–Crippen LogP) is 5.80. The molecule has 0 aliphatic heterocycles. The number of aromatic nitrogens is 1. The predicted molar refractivity (Wildman–Crippen MR) is 115 cm³/mol. The van der Waals surface area contributed by atoms with E-state index < -0.39 is 5.63 Å². The topological polar surface area (TPSA) is 73.6 Å². The maximum atomic E-state index is 12.2. The van der Waals surface area contributed by atoms with Crippen LogP contribution in [0, 0.1) is 0 Å². The molecule has 0 fully saturated rings. The van der Waals surface area contributed by atoms with Crippen molar-refractivity contribution in [2.24, 2.45) is 0 Å². The van der Waals surface area contributed by atoms with Gasteiger partial charge < -0.3 is 19.2 Å². The third-order valence-corrected chi connectivity index (χ3v) is 5.07. The monoisotopic (exact) mass is 486 g/mol. The molecule has 3 rings (SSSR count). The third-order valence-electron chi connectivity index (χ3n) is 3.94. The van der Waals surface area contributed by atoms with Crippen LogP contribution in [0.25, 0.3) is 11.0 Å². The summed E-state index contributed by atoms with van der Waals surface area (Å²) in [5.74, 6) is 0.855. The molecular weight excluding hydrogens is 471 g/mol. The second-order valence-corrected chi connectivity index (χ2v) is 7.41. The summed E-state index contributed by atoms with van der Waals surface area (Å²) >= 11 is 15.8. The van der Waals surface area contributed by atoms with Crippen LogP contribution in [0.1, 0.15) is 12.8 Å². The van der Waals surface area contributed by atoms with Gasteiger partial charge in [0.05, 0.1) is 35.1 Å². The molecule has 3 aromatic rings. The molecule has 0 spiro atoms. The summed E-state index contributed by atoms with van der Waals surface area (Å²) in [6, 6.07) is 4.85.